The number of amides is 2. The lowest BCUT2D eigenvalue weighted by atomic mass is 9.97. The molecule has 7 rings (SSSR count). The van der Waals surface area contributed by atoms with Crippen LogP contribution in [0.2, 0.25) is 0 Å². The number of hydrogen-bond acceptors (Lipinski definition) is 4. The van der Waals surface area contributed by atoms with Gasteiger partial charge in [0, 0.05) is 53.2 Å². The fraction of sp³-hybridized carbons (Fsp3) is 0.250. The van der Waals surface area contributed by atoms with Crippen LogP contribution in [0.25, 0.3) is 22.2 Å². The molecule has 238 valence electrons. The van der Waals surface area contributed by atoms with Crippen molar-refractivity contribution in [2.24, 2.45) is 7.05 Å². The minimum atomic E-state index is -0.203. The summed E-state index contributed by atoms with van der Waals surface area (Å²) in [5, 5.41) is 10.9. The van der Waals surface area contributed by atoms with Gasteiger partial charge in [-0.25, -0.2) is 0 Å². The molecule has 2 amide bonds. The number of anilines is 2. The second-order valence-electron chi connectivity index (χ2n) is 12.7. The Kier molecular flexibility index (Phi) is 8.64. The quantitative estimate of drug-likeness (QED) is 0.146. The fourth-order valence-electron chi connectivity index (χ4n) is 6.83. The first-order valence-electron chi connectivity index (χ1n) is 16.7. The number of aryl methyl sites for hydroxylation is 1. The molecule has 47 heavy (non-hydrogen) atoms. The Morgan fingerprint density at radius 3 is 2.40 bits per heavy atom. The van der Waals surface area contributed by atoms with Crippen LogP contribution in [0.5, 0.6) is 0 Å². The number of likely N-dealkylation sites (tertiary alicyclic amines) is 1. The van der Waals surface area contributed by atoms with Crippen LogP contribution in [0.3, 0.4) is 0 Å². The summed E-state index contributed by atoms with van der Waals surface area (Å²) in [6.45, 7) is 5.31. The highest BCUT2D eigenvalue weighted by Gasteiger charge is 2.30. The van der Waals surface area contributed by atoms with E-state index in [9.17, 15) is 9.59 Å². The second kappa shape index (κ2) is 13.3. The average Bonchev–Trinajstić information content (AvgIpc) is 3.65. The highest BCUT2D eigenvalue weighted by molar-refractivity contribution is 6.37. The molecule has 1 fully saturated rings. The topological polar surface area (TPSA) is 78.4 Å². The molecule has 4 aromatic carbocycles. The molecular formula is C40H41N5O2. The highest BCUT2D eigenvalue weighted by Crippen LogP contribution is 2.39. The van der Waals surface area contributed by atoms with E-state index in [1.807, 2.05) is 55.7 Å². The van der Waals surface area contributed by atoms with E-state index in [0.717, 1.165) is 53.8 Å². The molecule has 0 bridgehead atoms. The second-order valence-corrected chi connectivity index (χ2v) is 12.7. The monoisotopic (exact) mass is 623 g/mol. The summed E-state index contributed by atoms with van der Waals surface area (Å²) in [7, 11) is 2.03. The van der Waals surface area contributed by atoms with Crippen LogP contribution < -0.4 is 16.0 Å². The molecule has 5 aromatic rings. The van der Waals surface area contributed by atoms with Crippen molar-refractivity contribution in [3.8, 4) is 0 Å². The van der Waals surface area contributed by atoms with Gasteiger partial charge in [-0.15, -0.1) is 0 Å². The molecule has 2 aliphatic heterocycles. The number of rotatable bonds is 9. The van der Waals surface area contributed by atoms with Gasteiger partial charge in [-0.3, -0.25) is 14.5 Å². The molecule has 0 saturated carbocycles. The summed E-state index contributed by atoms with van der Waals surface area (Å²) in [6.07, 6.45) is 6.65. The van der Waals surface area contributed by atoms with E-state index < -0.39 is 0 Å². The number of hydrogen-bond donors (Lipinski definition) is 3. The van der Waals surface area contributed by atoms with Gasteiger partial charge in [0.05, 0.1) is 17.3 Å². The van der Waals surface area contributed by atoms with Gasteiger partial charge >= 0.3 is 0 Å². The molecule has 3 N–H and O–H groups in total. The number of benzene rings is 4. The Hall–Kier alpha value is -5.14. The third-order valence-corrected chi connectivity index (χ3v) is 9.44. The maximum absolute atomic E-state index is 13.8. The van der Waals surface area contributed by atoms with E-state index >= 15 is 0 Å². The van der Waals surface area contributed by atoms with Gasteiger partial charge in [0.2, 0.25) is 0 Å². The minimum Gasteiger partial charge on any atom is -0.354 e. The fourth-order valence-corrected chi connectivity index (χ4v) is 6.83. The molecule has 3 heterocycles. The summed E-state index contributed by atoms with van der Waals surface area (Å²) >= 11 is 0. The Labute approximate surface area is 276 Å². The highest BCUT2D eigenvalue weighted by atomic mass is 16.2. The van der Waals surface area contributed by atoms with Gasteiger partial charge in [-0.1, -0.05) is 61.9 Å². The molecule has 7 heteroatoms. The first-order valence-corrected chi connectivity index (χ1v) is 16.7. The summed E-state index contributed by atoms with van der Waals surface area (Å²) in [5.41, 5.74) is 8.34. The number of nitrogens with one attached hydrogen (secondary N) is 3. The predicted octanol–water partition coefficient (Wildman–Crippen LogP) is 7.98. The zero-order valence-corrected chi connectivity index (χ0v) is 27.1. The van der Waals surface area contributed by atoms with Gasteiger partial charge in [0.25, 0.3) is 11.8 Å². The van der Waals surface area contributed by atoms with Crippen LogP contribution >= 0.6 is 0 Å². The number of piperidine rings is 1. The summed E-state index contributed by atoms with van der Waals surface area (Å²) in [6, 6.07) is 32.2. The maximum atomic E-state index is 13.8. The number of fused-ring (bicyclic) bond motifs is 2. The molecule has 0 aliphatic carbocycles. The molecule has 1 atom stereocenters. The summed E-state index contributed by atoms with van der Waals surface area (Å²) in [5.74, 6) is -0.377. The Balaban J connectivity index is 1.25. The van der Waals surface area contributed by atoms with Crippen molar-refractivity contribution in [2.75, 3.05) is 23.7 Å². The first-order chi connectivity index (χ1) is 23.0. The number of aromatic nitrogens is 1. The van der Waals surface area contributed by atoms with Crippen LogP contribution in [-0.4, -0.2) is 34.4 Å². The molecule has 2 aliphatic rings. The van der Waals surface area contributed by atoms with E-state index in [0.29, 0.717) is 28.1 Å². The van der Waals surface area contributed by atoms with Crippen molar-refractivity contribution >= 4 is 45.4 Å². The van der Waals surface area contributed by atoms with Crippen LogP contribution in [0.4, 0.5) is 11.4 Å². The molecular weight excluding hydrogens is 582 g/mol. The molecule has 0 unspecified atom stereocenters. The van der Waals surface area contributed by atoms with Gasteiger partial charge in [-0.2, -0.15) is 0 Å². The van der Waals surface area contributed by atoms with Crippen molar-refractivity contribution in [3.05, 3.63) is 131 Å². The SMILES string of the molecule is CC[C@@H](NC(=O)c1ccc2c(c1)C(=C(Nc1ccc(CN3CCCCC3)cc1)c1ccc3c(ccn3C)c1)C(=O)N2)c1ccccc1. The van der Waals surface area contributed by atoms with Crippen LogP contribution in [0.15, 0.2) is 103 Å². The lowest BCUT2D eigenvalue weighted by molar-refractivity contribution is -0.110. The molecule has 0 spiro atoms. The van der Waals surface area contributed by atoms with Crippen molar-refractivity contribution in [1.82, 2.24) is 14.8 Å². The number of nitrogens with zero attached hydrogens (tertiary/aromatic N) is 2. The number of carbonyl (C=O) groups excluding carboxylic acids is 2. The van der Waals surface area contributed by atoms with Gasteiger partial charge in [0.1, 0.15) is 0 Å². The van der Waals surface area contributed by atoms with Gasteiger partial charge < -0.3 is 20.5 Å². The first kappa shape index (κ1) is 30.5. The lowest BCUT2D eigenvalue weighted by Gasteiger charge is -2.26. The zero-order valence-electron chi connectivity index (χ0n) is 27.1. The zero-order chi connectivity index (χ0) is 32.3. The third-order valence-electron chi connectivity index (χ3n) is 9.44. The van der Waals surface area contributed by atoms with Crippen LogP contribution in [-0.2, 0) is 18.4 Å². The lowest BCUT2D eigenvalue weighted by Crippen LogP contribution is -2.29. The molecule has 7 nitrogen and oxygen atoms in total. The van der Waals surface area contributed by atoms with E-state index in [1.54, 1.807) is 6.07 Å². The van der Waals surface area contributed by atoms with E-state index in [2.05, 4.69) is 80.9 Å². The largest absolute Gasteiger partial charge is 0.354 e. The standard InChI is InChI=1S/C40H41N5O2/c1-3-34(28-10-6-4-7-11-28)42-39(46)31-14-18-35-33(25-31)37(40(47)43-35)38(30-15-19-36-29(24-30)20-23-44(36)2)41-32-16-12-27(13-17-32)26-45-21-8-5-9-22-45/h4,6-7,10-20,23-25,34,41H,3,5,8-9,21-22,26H2,1-2H3,(H,42,46)(H,43,47)/t34-/m1/s1. The number of carbonyl (C=O) groups is 2. The van der Waals surface area contributed by atoms with E-state index in [-0.39, 0.29) is 17.9 Å². The molecule has 0 radical (unpaired) electrons. The maximum Gasteiger partial charge on any atom is 0.258 e. The van der Waals surface area contributed by atoms with Crippen molar-refractivity contribution < 1.29 is 9.59 Å². The Bertz CT molecular complexity index is 1950. The normalized spacial score (nSPS) is 16.4. The van der Waals surface area contributed by atoms with E-state index in [1.165, 1.54) is 24.8 Å². The van der Waals surface area contributed by atoms with E-state index in [4.69, 9.17) is 0 Å². The third kappa shape index (κ3) is 6.44. The minimum absolute atomic E-state index is 0.112. The summed E-state index contributed by atoms with van der Waals surface area (Å²) < 4.78 is 2.09. The summed E-state index contributed by atoms with van der Waals surface area (Å²) in [4.78, 5) is 29.8. The van der Waals surface area contributed by atoms with Crippen LogP contribution in [0, 0.1) is 0 Å². The predicted molar refractivity (Wildman–Crippen MR) is 191 cm³/mol. The van der Waals surface area contributed by atoms with Gasteiger partial charge in [-0.05, 0) is 97.6 Å². The average molecular weight is 624 g/mol. The van der Waals surface area contributed by atoms with Crippen molar-refractivity contribution in [2.45, 2.75) is 45.2 Å². The van der Waals surface area contributed by atoms with Crippen molar-refractivity contribution in [3.63, 3.8) is 0 Å². The smallest absolute Gasteiger partial charge is 0.258 e. The molecule has 1 aromatic heterocycles. The Morgan fingerprint density at radius 1 is 0.872 bits per heavy atom. The van der Waals surface area contributed by atoms with Crippen LogP contribution in [0.1, 0.15) is 71.3 Å². The Morgan fingerprint density at radius 2 is 1.64 bits per heavy atom. The molecule has 1 saturated heterocycles. The van der Waals surface area contributed by atoms with Gasteiger partial charge in [0.15, 0.2) is 0 Å². The van der Waals surface area contributed by atoms with Crippen molar-refractivity contribution in [1.29, 1.82) is 0 Å².